The largest absolute Gasteiger partial charge is 0.323 e. The van der Waals surface area contributed by atoms with Crippen LogP contribution in [0.25, 0.3) is 0 Å². The molecule has 2 rings (SSSR count). The molecule has 2 aromatic rings. The molecule has 0 saturated carbocycles. The maximum Gasteiger partial charge on any atom is 0.123 e. The first-order chi connectivity index (χ1) is 9.15. The Morgan fingerprint density at radius 3 is 2.53 bits per heavy atom. The van der Waals surface area contributed by atoms with Gasteiger partial charge in [-0.05, 0) is 30.3 Å². The standard InChI is InChI=1S/C16H19FN2/c1-19(11-13-6-5-9-15(17)10-13)12-16(18)14-7-3-2-4-8-14/h2-10,16H,11-12,18H2,1H3. The van der Waals surface area contributed by atoms with Crippen molar-refractivity contribution in [3.05, 3.63) is 71.5 Å². The molecule has 19 heavy (non-hydrogen) atoms. The molecule has 3 heteroatoms. The smallest absolute Gasteiger partial charge is 0.123 e. The van der Waals surface area contributed by atoms with E-state index in [9.17, 15) is 4.39 Å². The van der Waals surface area contributed by atoms with Crippen molar-refractivity contribution in [2.75, 3.05) is 13.6 Å². The third-order valence-corrected chi connectivity index (χ3v) is 3.08. The Kier molecular flexibility index (Phi) is 4.66. The minimum Gasteiger partial charge on any atom is -0.323 e. The molecule has 1 unspecified atom stereocenters. The molecule has 0 aliphatic heterocycles. The highest BCUT2D eigenvalue weighted by Crippen LogP contribution is 2.12. The van der Waals surface area contributed by atoms with Gasteiger partial charge in [-0.3, -0.25) is 0 Å². The lowest BCUT2D eigenvalue weighted by Crippen LogP contribution is -2.28. The molecule has 2 nitrogen and oxygen atoms in total. The fraction of sp³-hybridized carbons (Fsp3) is 0.250. The number of likely N-dealkylation sites (N-methyl/N-ethyl adjacent to an activating group) is 1. The zero-order valence-corrected chi connectivity index (χ0v) is 11.1. The number of rotatable bonds is 5. The molecule has 0 spiro atoms. The summed E-state index contributed by atoms with van der Waals surface area (Å²) in [7, 11) is 1.99. The second kappa shape index (κ2) is 6.45. The zero-order chi connectivity index (χ0) is 13.7. The van der Waals surface area contributed by atoms with Crippen molar-refractivity contribution in [3.8, 4) is 0 Å². The van der Waals surface area contributed by atoms with E-state index in [1.807, 2.05) is 43.4 Å². The maximum atomic E-state index is 13.1. The molecule has 0 heterocycles. The van der Waals surface area contributed by atoms with E-state index in [-0.39, 0.29) is 11.9 Å². The summed E-state index contributed by atoms with van der Waals surface area (Å²) in [5, 5.41) is 0. The van der Waals surface area contributed by atoms with Gasteiger partial charge in [-0.2, -0.15) is 0 Å². The molecular weight excluding hydrogens is 239 g/mol. The lowest BCUT2D eigenvalue weighted by molar-refractivity contribution is 0.305. The number of hydrogen-bond acceptors (Lipinski definition) is 2. The van der Waals surface area contributed by atoms with E-state index < -0.39 is 0 Å². The second-order valence-corrected chi connectivity index (χ2v) is 4.84. The minimum atomic E-state index is -0.196. The third kappa shape index (κ3) is 4.16. The monoisotopic (exact) mass is 258 g/mol. The van der Waals surface area contributed by atoms with E-state index in [0.29, 0.717) is 6.54 Å². The maximum absolute atomic E-state index is 13.1. The van der Waals surface area contributed by atoms with Crippen molar-refractivity contribution in [1.82, 2.24) is 4.90 Å². The van der Waals surface area contributed by atoms with Crippen LogP contribution in [-0.2, 0) is 6.54 Å². The molecule has 2 aromatic carbocycles. The Hall–Kier alpha value is -1.71. The summed E-state index contributed by atoms with van der Waals surface area (Å²) in [6, 6.07) is 16.7. The lowest BCUT2D eigenvalue weighted by atomic mass is 10.1. The van der Waals surface area contributed by atoms with Gasteiger partial charge < -0.3 is 10.6 Å². The first-order valence-corrected chi connectivity index (χ1v) is 6.38. The summed E-state index contributed by atoms with van der Waals surface area (Å²) >= 11 is 0. The zero-order valence-electron chi connectivity index (χ0n) is 11.1. The van der Waals surface area contributed by atoms with E-state index in [1.165, 1.54) is 6.07 Å². The highest BCUT2D eigenvalue weighted by molar-refractivity contribution is 5.19. The molecule has 0 aromatic heterocycles. The van der Waals surface area contributed by atoms with Crippen molar-refractivity contribution in [1.29, 1.82) is 0 Å². The van der Waals surface area contributed by atoms with E-state index in [2.05, 4.69) is 4.90 Å². The Morgan fingerprint density at radius 1 is 1.11 bits per heavy atom. The Labute approximate surface area is 113 Å². The van der Waals surface area contributed by atoms with E-state index in [0.717, 1.165) is 17.7 Å². The SMILES string of the molecule is CN(Cc1cccc(F)c1)CC(N)c1ccccc1. The summed E-state index contributed by atoms with van der Waals surface area (Å²) in [6.07, 6.45) is 0. The van der Waals surface area contributed by atoms with Gasteiger partial charge in [-0.25, -0.2) is 4.39 Å². The molecule has 0 radical (unpaired) electrons. The van der Waals surface area contributed by atoms with Crippen molar-refractivity contribution in [3.63, 3.8) is 0 Å². The average Bonchev–Trinajstić information content (AvgIpc) is 2.39. The highest BCUT2D eigenvalue weighted by atomic mass is 19.1. The summed E-state index contributed by atoms with van der Waals surface area (Å²) in [5.41, 5.74) is 8.24. The van der Waals surface area contributed by atoms with Crippen LogP contribution in [0, 0.1) is 5.82 Å². The minimum absolute atomic E-state index is 0.0280. The molecule has 0 bridgehead atoms. The van der Waals surface area contributed by atoms with Crippen molar-refractivity contribution in [2.24, 2.45) is 5.73 Å². The van der Waals surface area contributed by atoms with Crippen molar-refractivity contribution >= 4 is 0 Å². The fourth-order valence-corrected chi connectivity index (χ4v) is 2.15. The van der Waals surface area contributed by atoms with Gasteiger partial charge in [0.2, 0.25) is 0 Å². The number of nitrogens with zero attached hydrogens (tertiary/aromatic N) is 1. The van der Waals surface area contributed by atoms with Gasteiger partial charge in [-0.1, -0.05) is 42.5 Å². The molecule has 0 saturated heterocycles. The van der Waals surface area contributed by atoms with Crippen LogP contribution in [0.2, 0.25) is 0 Å². The van der Waals surface area contributed by atoms with Crippen LogP contribution in [-0.4, -0.2) is 18.5 Å². The molecular formula is C16H19FN2. The normalized spacial score (nSPS) is 12.6. The van der Waals surface area contributed by atoms with Crippen LogP contribution in [0.1, 0.15) is 17.2 Å². The van der Waals surface area contributed by atoms with Crippen LogP contribution >= 0.6 is 0 Å². The van der Waals surface area contributed by atoms with Crippen LogP contribution in [0.3, 0.4) is 0 Å². The van der Waals surface area contributed by atoms with Gasteiger partial charge >= 0.3 is 0 Å². The van der Waals surface area contributed by atoms with Gasteiger partial charge in [0, 0.05) is 19.1 Å². The molecule has 2 N–H and O–H groups in total. The van der Waals surface area contributed by atoms with E-state index in [4.69, 9.17) is 5.73 Å². The Bertz CT molecular complexity index is 513. The Balaban J connectivity index is 1.92. The van der Waals surface area contributed by atoms with Crippen LogP contribution in [0.5, 0.6) is 0 Å². The predicted octanol–water partition coefficient (Wildman–Crippen LogP) is 2.96. The highest BCUT2D eigenvalue weighted by Gasteiger charge is 2.09. The quantitative estimate of drug-likeness (QED) is 0.893. The van der Waals surface area contributed by atoms with Gasteiger partial charge in [-0.15, -0.1) is 0 Å². The van der Waals surface area contributed by atoms with Gasteiger partial charge in [0.25, 0.3) is 0 Å². The van der Waals surface area contributed by atoms with Crippen LogP contribution in [0.15, 0.2) is 54.6 Å². The van der Waals surface area contributed by atoms with Crippen LogP contribution in [0.4, 0.5) is 4.39 Å². The van der Waals surface area contributed by atoms with Crippen molar-refractivity contribution < 1.29 is 4.39 Å². The summed E-state index contributed by atoms with van der Waals surface area (Å²) in [4.78, 5) is 2.10. The number of hydrogen-bond donors (Lipinski definition) is 1. The third-order valence-electron chi connectivity index (χ3n) is 3.08. The Morgan fingerprint density at radius 2 is 1.84 bits per heavy atom. The van der Waals surface area contributed by atoms with E-state index >= 15 is 0 Å². The van der Waals surface area contributed by atoms with Crippen molar-refractivity contribution in [2.45, 2.75) is 12.6 Å². The number of benzene rings is 2. The number of halogens is 1. The van der Waals surface area contributed by atoms with Gasteiger partial charge in [0.05, 0.1) is 0 Å². The van der Waals surface area contributed by atoms with E-state index in [1.54, 1.807) is 12.1 Å². The predicted molar refractivity (Wildman–Crippen MR) is 76.1 cm³/mol. The molecule has 0 fully saturated rings. The van der Waals surface area contributed by atoms with Gasteiger partial charge in [0.1, 0.15) is 5.82 Å². The molecule has 0 amide bonds. The summed E-state index contributed by atoms with van der Waals surface area (Å²) in [5.74, 6) is -0.196. The molecule has 0 aliphatic carbocycles. The van der Waals surface area contributed by atoms with Gasteiger partial charge in [0.15, 0.2) is 0 Å². The average molecular weight is 258 g/mol. The van der Waals surface area contributed by atoms with Crippen LogP contribution < -0.4 is 5.73 Å². The fourth-order valence-electron chi connectivity index (χ4n) is 2.15. The first kappa shape index (κ1) is 13.7. The molecule has 1 atom stereocenters. The lowest BCUT2D eigenvalue weighted by Gasteiger charge is -2.21. The first-order valence-electron chi connectivity index (χ1n) is 6.38. The topological polar surface area (TPSA) is 29.3 Å². The summed E-state index contributed by atoms with van der Waals surface area (Å²) < 4.78 is 13.1. The molecule has 0 aliphatic rings. The second-order valence-electron chi connectivity index (χ2n) is 4.84. The molecule has 100 valence electrons. The number of nitrogens with two attached hydrogens (primary N) is 1. The summed E-state index contributed by atoms with van der Waals surface area (Å²) in [6.45, 7) is 1.43.